The van der Waals surface area contributed by atoms with Gasteiger partial charge in [-0.05, 0) is 73.5 Å². The summed E-state index contributed by atoms with van der Waals surface area (Å²) >= 11 is 8.64. The third kappa shape index (κ3) is 15.5. The summed E-state index contributed by atoms with van der Waals surface area (Å²) in [6.07, 6.45) is 2.41. The van der Waals surface area contributed by atoms with Crippen LogP contribution in [0.25, 0.3) is 10.9 Å². The topological polar surface area (TPSA) is 295 Å². The summed E-state index contributed by atoms with van der Waals surface area (Å²) in [7, 11) is 0. The minimum absolute atomic E-state index is 0.0372. The lowest BCUT2D eigenvalue weighted by Gasteiger charge is -2.29. The highest BCUT2D eigenvalue weighted by molar-refractivity contribution is 7.80. The number of rotatable bonds is 13. The van der Waals surface area contributed by atoms with Crippen LogP contribution in [0.2, 0.25) is 0 Å². The van der Waals surface area contributed by atoms with Crippen molar-refractivity contribution in [3.8, 4) is 5.75 Å². The minimum atomic E-state index is -1.36. The molecule has 2 heterocycles. The Bertz CT molecular complexity index is 2460. The van der Waals surface area contributed by atoms with Crippen LogP contribution in [0.1, 0.15) is 56.7 Å². The highest BCUT2D eigenvalue weighted by Crippen LogP contribution is 2.20. The van der Waals surface area contributed by atoms with Crippen LogP contribution in [-0.2, 0) is 57.6 Å². The molecular weight excluding hydrogens is 937 g/mol. The predicted octanol–water partition coefficient (Wildman–Crippen LogP) is 0.458. The largest absolute Gasteiger partial charge is 0.508 e. The van der Waals surface area contributed by atoms with Gasteiger partial charge in [0.25, 0.3) is 0 Å². The molecule has 8 atom stereocenters. The lowest BCUT2D eigenvalue weighted by molar-refractivity contribution is -0.136. The zero-order chi connectivity index (χ0) is 50.9. The molecule has 0 radical (unpaired) electrons. The van der Waals surface area contributed by atoms with E-state index in [9.17, 15) is 43.5 Å². The Morgan fingerprint density at radius 2 is 1.00 bits per heavy atom. The number of carbonyl (C=O) groups excluding carboxylic acids is 8. The van der Waals surface area contributed by atoms with Gasteiger partial charge in [-0.3, -0.25) is 38.4 Å². The number of aromatic nitrogens is 1. The van der Waals surface area contributed by atoms with Crippen molar-refractivity contribution < 1.29 is 43.5 Å². The van der Waals surface area contributed by atoms with E-state index in [1.807, 2.05) is 24.3 Å². The van der Waals surface area contributed by atoms with E-state index in [1.165, 1.54) is 19.1 Å². The summed E-state index contributed by atoms with van der Waals surface area (Å²) in [6, 6.07) is 11.8. The van der Waals surface area contributed by atoms with Gasteiger partial charge in [0.2, 0.25) is 47.3 Å². The maximum absolute atomic E-state index is 14.7. The standard InChI is InChI=1S/C49H64N10O9S2/c1-27(2)41-49(68)52-28(3)42(61)57-39(25-69)47(66)55-36(21-29-11-5-4-6-12-29)44(63)56-38(23-31-24-51-34-14-8-7-13-33(31)34)46(65)53-35(15-9-10-20-50)43(62)54-37(22-30-16-18-32(60)19-17-30)45(64)58-40(26-70)48(67)59-41/h4-8,11-14,16-19,24,27-28,35-41,51,60,69-70H,9-10,15,20-23,25-26,50H2,1-3H3,(H,52,68)(H,53,65)(H,54,62)(H,55,66)(H,56,63)(H,57,61)(H,58,64)(H,59,67)/t28-,35-,36-,37-,38-,39-,40-,41-/m0/s1. The molecule has 0 aliphatic carbocycles. The van der Waals surface area contributed by atoms with Crippen molar-refractivity contribution in [2.24, 2.45) is 11.7 Å². The number of unbranched alkanes of at least 4 members (excludes halogenated alkanes) is 1. The quantitative estimate of drug-likeness (QED) is 0.0649. The number of nitrogens with two attached hydrogens (primary N) is 1. The van der Waals surface area contributed by atoms with E-state index in [4.69, 9.17) is 5.73 Å². The van der Waals surface area contributed by atoms with Gasteiger partial charge in [0.1, 0.15) is 54.1 Å². The van der Waals surface area contributed by atoms with E-state index in [-0.39, 0.29) is 49.5 Å². The normalized spacial score (nSPS) is 24.0. The zero-order valence-corrected chi connectivity index (χ0v) is 41.1. The van der Waals surface area contributed by atoms with Crippen molar-refractivity contribution in [2.45, 2.75) is 108 Å². The lowest BCUT2D eigenvalue weighted by atomic mass is 10.0. The number of benzene rings is 3. The second-order valence-corrected chi connectivity index (χ2v) is 18.3. The fourth-order valence-corrected chi connectivity index (χ4v) is 8.35. The van der Waals surface area contributed by atoms with Crippen LogP contribution in [0.3, 0.4) is 0 Å². The Hall–Kier alpha value is -6.58. The van der Waals surface area contributed by atoms with Gasteiger partial charge < -0.3 is 58.4 Å². The molecule has 0 spiro atoms. The molecule has 12 N–H and O–H groups in total. The van der Waals surface area contributed by atoms with Crippen LogP contribution in [0.5, 0.6) is 5.75 Å². The highest BCUT2D eigenvalue weighted by Gasteiger charge is 2.36. The van der Waals surface area contributed by atoms with Gasteiger partial charge in [0, 0.05) is 47.9 Å². The predicted molar refractivity (Wildman–Crippen MR) is 271 cm³/mol. The molecule has 1 aromatic heterocycles. The third-order valence-corrected chi connectivity index (χ3v) is 12.6. The number of hydrogen-bond acceptors (Lipinski definition) is 12. The van der Waals surface area contributed by atoms with E-state index in [2.05, 4.69) is 72.8 Å². The molecule has 21 heteroatoms. The molecule has 1 saturated heterocycles. The maximum Gasteiger partial charge on any atom is 0.244 e. The van der Waals surface area contributed by atoms with Gasteiger partial charge >= 0.3 is 0 Å². The number of H-pyrrole nitrogens is 1. The summed E-state index contributed by atoms with van der Waals surface area (Å²) < 4.78 is 0. The zero-order valence-electron chi connectivity index (χ0n) is 39.3. The first kappa shape index (κ1) is 54.4. The van der Waals surface area contributed by atoms with Crippen LogP contribution >= 0.6 is 25.3 Å². The fraction of sp³-hybridized carbons (Fsp3) is 0.429. The molecule has 70 heavy (non-hydrogen) atoms. The van der Waals surface area contributed by atoms with Gasteiger partial charge in [-0.2, -0.15) is 25.3 Å². The van der Waals surface area contributed by atoms with Crippen LogP contribution in [0.4, 0.5) is 0 Å². The summed E-state index contributed by atoms with van der Waals surface area (Å²) in [5, 5.41) is 32.3. The molecule has 1 fully saturated rings. The van der Waals surface area contributed by atoms with E-state index < -0.39 is 102 Å². The first-order chi connectivity index (χ1) is 33.5. The number of nitrogens with one attached hydrogen (secondary N) is 9. The van der Waals surface area contributed by atoms with Crippen molar-refractivity contribution in [3.05, 3.63) is 102 Å². The number of fused-ring (bicyclic) bond motifs is 1. The van der Waals surface area contributed by atoms with Gasteiger partial charge in [-0.25, -0.2) is 0 Å². The molecule has 0 saturated carbocycles. The van der Waals surface area contributed by atoms with Crippen molar-refractivity contribution in [1.82, 2.24) is 47.5 Å². The average molecular weight is 1000 g/mol. The van der Waals surface area contributed by atoms with Crippen LogP contribution in [-0.4, -0.2) is 124 Å². The first-order valence-corrected chi connectivity index (χ1v) is 24.5. The minimum Gasteiger partial charge on any atom is -0.508 e. The lowest BCUT2D eigenvalue weighted by Crippen LogP contribution is -2.62. The molecule has 0 unspecified atom stereocenters. The van der Waals surface area contributed by atoms with E-state index in [0.717, 1.165) is 10.9 Å². The molecule has 1 aliphatic heterocycles. The Kier molecular flexibility index (Phi) is 20.5. The number of aromatic hydroxyl groups is 1. The third-order valence-electron chi connectivity index (χ3n) is 11.9. The molecule has 1 aliphatic rings. The molecule has 8 amide bonds. The van der Waals surface area contributed by atoms with Crippen LogP contribution in [0, 0.1) is 5.92 Å². The van der Waals surface area contributed by atoms with Gasteiger partial charge in [-0.1, -0.05) is 74.5 Å². The number of para-hydroxylation sites is 1. The Labute approximate surface area is 417 Å². The second-order valence-electron chi connectivity index (χ2n) is 17.6. The summed E-state index contributed by atoms with van der Waals surface area (Å²) in [5.41, 5.74) is 8.44. The Morgan fingerprint density at radius 1 is 0.529 bits per heavy atom. The van der Waals surface area contributed by atoms with Crippen molar-refractivity contribution in [1.29, 1.82) is 0 Å². The molecule has 19 nitrogen and oxygen atoms in total. The van der Waals surface area contributed by atoms with Gasteiger partial charge in [0.05, 0.1) is 0 Å². The number of hydrogen-bond donors (Lipinski definition) is 13. The van der Waals surface area contributed by atoms with Crippen LogP contribution in [0.15, 0.2) is 85.1 Å². The Morgan fingerprint density at radius 3 is 1.57 bits per heavy atom. The summed E-state index contributed by atoms with van der Waals surface area (Å²) in [4.78, 5) is 116. The average Bonchev–Trinajstić information content (AvgIpc) is 3.75. The van der Waals surface area contributed by atoms with Crippen molar-refractivity contribution in [2.75, 3.05) is 18.1 Å². The molecule has 4 aromatic rings. The molecule has 0 bridgehead atoms. The maximum atomic E-state index is 14.7. The summed E-state index contributed by atoms with van der Waals surface area (Å²) in [6.45, 7) is 5.00. The number of amides is 8. The molecule has 3 aromatic carbocycles. The second kappa shape index (κ2) is 26.4. The van der Waals surface area contributed by atoms with E-state index in [0.29, 0.717) is 29.5 Å². The fourth-order valence-electron chi connectivity index (χ4n) is 7.83. The summed E-state index contributed by atoms with van der Waals surface area (Å²) in [5.74, 6) is -7.16. The van der Waals surface area contributed by atoms with Gasteiger partial charge in [-0.15, -0.1) is 0 Å². The molecular formula is C49H64N10O9S2. The first-order valence-electron chi connectivity index (χ1n) is 23.2. The number of phenolic OH excluding ortho intramolecular Hbond substituents is 1. The van der Waals surface area contributed by atoms with Crippen molar-refractivity contribution >= 4 is 83.4 Å². The molecule has 376 valence electrons. The number of phenols is 1. The van der Waals surface area contributed by atoms with E-state index in [1.54, 1.807) is 62.5 Å². The number of thiol groups is 2. The van der Waals surface area contributed by atoms with E-state index >= 15 is 0 Å². The SMILES string of the molecule is CC(C)[C@@H]1NC(=O)[C@H](CS)NC(=O)[C@H](Cc2ccc(O)cc2)NC(=O)[C@H](CCCCN)NC(=O)[C@H](Cc2c[nH]c3ccccc23)NC(=O)[C@H](Cc2ccccc2)NC(=O)[C@H](CS)NC(=O)[C@H](C)NC1=O. The monoisotopic (exact) mass is 1000 g/mol. The van der Waals surface area contributed by atoms with Crippen molar-refractivity contribution in [3.63, 3.8) is 0 Å². The Balaban J connectivity index is 1.58. The number of carbonyl (C=O) groups is 8. The molecule has 5 rings (SSSR count). The highest BCUT2D eigenvalue weighted by atomic mass is 32.1. The van der Waals surface area contributed by atoms with Gasteiger partial charge in [0.15, 0.2) is 0 Å². The smallest absolute Gasteiger partial charge is 0.244 e. The number of aromatic amines is 1. The van der Waals surface area contributed by atoms with Crippen LogP contribution < -0.4 is 48.3 Å².